The number of anilines is 1. The van der Waals surface area contributed by atoms with Crippen molar-refractivity contribution in [3.05, 3.63) is 23.5 Å². The van der Waals surface area contributed by atoms with Crippen LogP contribution in [0.5, 0.6) is 0 Å². The van der Waals surface area contributed by atoms with Gasteiger partial charge in [0.2, 0.25) is 0 Å². The van der Waals surface area contributed by atoms with Gasteiger partial charge in [-0.05, 0) is 26.0 Å². The first-order valence-electron chi connectivity index (χ1n) is 4.76. The van der Waals surface area contributed by atoms with Gasteiger partial charge in [0.25, 0.3) is 6.43 Å². The van der Waals surface area contributed by atoms with E-state index in [1.165, 1.54) is 0 Å². The minimum Gasteiger partial charge on any atom is -0.332 e. The number of aromatic nitrogens is 1. The highest BCUT2D eigenvalue weighted by atomic mass is 19.3. The quantitative estimate of drug-likeness (QED) is 0.833. The molecule has 0 aliphatic rings. The summed E-state index contributed by atoms with van der Waals surface area (Å²) in [4.78, 5) is 15.3. The van der Waals surface area contributed by atoms with Gasteiger partial charge in [-0.2, -0.15) is 0 Å². The van der Waals surface area contributed by atoms with Crippen LogP contribution in [0.3, 0.4) is 0 Å². The van der Waals surface area contributed by atoms with Crippen LogP contribution in [0, 0.1) is 13.8 Å². The van der Waals surface area contributed by atoms with Crippen molar-refractivity contribution in [2.45, 2.75) is 20.3 Å². The number of carbonyl (C=O) groups excluding carboxylic acids is 1. The van der Waals surface area contributed by atoms with E-state index >= 15 is 0 Å². The predicted octanol–water partition coefficient (Wildman–Crippen LogP) is 2.09. The molecular formula is C10H13F2N3O. The molecule has 0 radical (unpaired) electrons. The number of alkyl halides is 2. The molecular weight excluding hydrogens is 216 g/mol. The number of halogens is 2. The van der Waals surface area contributed by atoms with Gasteiger partial charge in [0.1, 0.15) is 0 Å². The Bertz CT molecular complexity index is 382. The van der Waals surface area contributed by atoms with Gasteiger partial charge >= 0.3 is 6.03 Å². The zero-order valence-electron chi connectivity index (χ0n) is 9.05. The van der Waals surface area contributed by atoms with Crippen LogP contribution in [0.4, 0.5) is 19.3 Å². The summed E-state index contributed by atoms with van der Waals surface area (Å²) >= 11 is 0. The van der Waals surface area contributed by atoms with Crippen molar-refractivity contribution >= 4 is 11.7 Å². The fourth-order valence-corrected chi connectivity index (χ4v) is 1.16. The van der Waals surface area contributed by atoms with Crippen LogP contribution in [0.15, 0.2) is 12.1 Å². The Morgan fingerprint density at radius 2 is 2.12 bits per heavy atom. The summed E-state index contributed by atoms with van der Waals surface area (Å²) in [6.45, 7) is 2.90. The van der Waals surface area contributed by atoms with E-state index in [0.717, 1.165) is 5.69 Å². The Hall–Kier alpha value is -1.72. The first-order chi connectivity index (χ1) is 7.49. The highest BCUT2D eigenvalue weighted by molar-refractivity contribution is 5.89. The summed E-state index contributed by atoms with van der Waals surface area (Å²) in [7, 11) is 0. The molecule has 0 atom stereocenters. The highest BCUT2D eigenvalue weighted by Crippen LogP contribution is 2.12. The summed E-state index contributed by atoms with van der Waals surface area (Å²) in [5.74, 6) is 0. The van der Waals surface area contributed by atoms with E-state index in [0.29, 0.717) is 11.4 Å². The third kappa shape index (κ3) is 3.80. The van der Waals surface area contributed by atoms with Gasteiger partial charge in [0.05, 0.1) is 17.9 Å². The molecule has 0 aliphatic heterocycles. The van der Waals surface area contributed by atoms with E-state index in [2.05, 4.69) is 10.3 Å². The summed E-state index contributed by atoms with van der Waals surface area (Å²) < 4.78 is 23.6. The van der Waals surface area contributed by atoms with Gasteiger partial charge in [0, 0.05) is 5.69 Å². The van der Waals surface area contributed by atoms with Crippen LogP contribution < -0.4 is 10.6 Å². The number of pyridine rings is 1. The Labute approximate surface area is 92.1 Å². The summed E-state index contributed by atoms with van der Waals surface area (Å²) in [6, 6.07) is 2.75. The van der Waals surface area contributed by atoms with Gasteiger partial charge in [-0.25, -0.2) is 13.6 Å². The van der Waals surface area contributed by atoms with E-state index in [-0.39, 0.29) is 0 Å². The third-order valence-corrected chi connectivity index (χ3v) is 1.89. The van der Waals surface area contributed by atoms with Gasteiger partial charge < -0.3 is 10.6 Å². The molecule has 6 heteroatoms. The van der Waals surface area contributed by atoms with Crippen molar-refractivity contribution < 1.29 is 13.6 Å². The minimum atomic E-state index is -2.55. The van der Waals surface area contributed by atoms with Crippen LogP contribution in [-0.2, 0) is 0 Å². The second-order valence-electron chi connectivity index (χ2n) is 3.31. The number of hydrogen-bond donors (Lipinski definition) is 2. The lowest BCUT2D eigenvalue weighted by Gasteiger charge is -2.09. The third-order valence-electron chi connectivity index (χ3n) is 1.89. The largest absolute Gasteiger partial charge is 0.332 e. The number of nitrogens with zero attached hydrogens (tertiary/aromatic N) is 1. The van der Waals surface area contributed by atoms with Crippen molar-refractivity contribution in [3.63, 3.8) is 0 Å². The van der Waals surface area contributed by atoms with Crippen molar-refractivity contribution in [2.75, 3.05) is 11.9 Å². The molecule has 0 aromatic carbocycles. The first-order valence-corrected chi connectivity index (χ1v) is 4.76. The molecule has 0 saturated heterocycles. The van der Waals surface area contributed by atoms with Gasteiger partial charge in [0.15, 0.2) is 0 Å². The molecule has 1 aromatic rings. The molecule has 1 heterocycles. The van der Waals surface area contributed by atoms with Crippen LogP contribution in [0.1, 0.15) is 11.4 Å². The molecule has 0 saturated carbocycles. The average Bonchev–Trinajstić information content (AvgIpc) is 2.19. The number of nitrogens with one attached hydrogen (secondary N) is 2. The SMILES string of the molecule is Cc1ccc(NC(=O)NCC(F)F)c(C)n1. The van der Waals surface area contributed by atoms with Crippen LogP contribution in [-0.4, -0.2) is 24.0 Å². The van der Waals surface area contributed by atoms with Crippen LogP contribution >= 0.6 is 0 Å². The number of hydrogen-bond acceptors (Lipinski definition) is 2. The lowest BCUT2D eigenvalue weighted by Crippen LogP contribution is -2.32. The summed E-state index contributed by atoms with van der Waals surface area (Å²) in [6.07, 6.45) is -2.55. The van der Waals surface area contributed by atoms with E-state index in [1.807, 2.05) is 12.2 Å². The standard InChI is InChI=1S/C10H13F2N3O/c1-6-3-4-8(7(2)14-6)15-10(16)13-5-9(11)12/h3-4,9H,5H2,1-2H3,(H2,13,15,16). The molecule has 0 fully saturated rings. The second-order valence-corrected chi connectivity index (χ2v) is 3.31. The number of urea groups is 1. The Morgan fingerprint density at radius 3 is 2.69 bits per heavy atom. The molecule has 2 amide bonds. The van der Waals surface area contributed by atoms with Gasteiger partial charge in [-0.3, -0.25) is 4.98 Å². The molecule has 1 rings (SSSR count). The number of aryl methyl sites for hydroxylation is 2. The molecule has 0 spiro atoms. The molecule has 4 nitrogen and oxygen atoms in total. The van der Waals surface area contributed by atoms with Crippen molar-refractivity contribution in [1.29, 1.82) is 0 Å². The van der Waals surface area contributed by atoms with Crippen molar-refractivity contribution in [1.82, 2.24) is 10.3 Å². The summed E-state index contributed by atoms with van der Waals surface area (Å²) in [5, 5.41) is 4.49. The topological polar surface area (TPSA) is 54.0 Å². The molecule has 1 aromatic heterocycles. The molecule has 88 valence electrons. The number of carbonyl (C=O) groups is 1. The lowest BCUT2D eigenvalue weighted by atomic mass is 10.3. The van der Waals surface area contributed by atoms with Gasteiger partial charge in [-0.15, -0.1) is 0 Å². The average molecular weight is 229 g/mol. The fraction of sp³-hybridized carbons (Fsp3) is 0.400. The van der Waals surface area contributed by atoms with Gasteiger partial charge in [-0.1, -0.05) is 0 Å². The Balaban J connectivity index is 2.56. The van der Waals surface area contributed by atoms with E-state index in [4.69, 9.17) is 0 Å². The normalized spacial score (nSPS) is 10.3. The lowest BCUT2D eigenvalue weighted by molar-refractivity contribution is 0.148. The van der Waals surface area contributed by atoms with E-state index < -0.39 is 19.0 Å². The molecule has 0 aliphatic carbocycles. The van der Waals surface area contributed by atoms with E-state index in [9.17, 15) is 13.6 Å². The number of amides is 2. The summed E-state index contributed by atoms with van der Waals surface area (Å²) in [5.41, 5.74) is 1.99. The molecule has 16 heavy (non-hydrogen) atoms. The number of rotatable bonds is 3. The highest BCUT2D eigenvalue weighted by Gasteiger charge is 2.07. The second kappa shape index (κ2) is 5.39. The Kier molecular flexibility index (Phi) is 4.16. The molecule has 0 unspecified atom stereocenters. The molecule has 0 bridgehead atoms. The zero-order chi connectivity index (χ0) is 12.1. The van der Waals surface area contributed by atoms with Crippen LogP contribution in [0.25, 0.3) is 0 Å². The monoisotopic (exact) mass is 229 g/mol. The smallest absolute Gasteiger partial charge is 0.319 e. The van der Waals surface area contributed by atoms with Crippen LogP contribution in [0.2, 0.25) is 0 Å². The molecule has 2 N–H and O–H groups in total. The zero-order valence-corrected chi connectivity index (χ0v) is 9.05. The maximum absolute atomic E-state index is 11.8. The minimum absolute atomic E-state index is 0.511. The van der Waals surface area contributed by atoms with Crippen molar-refractivity contribution in [2.24, 2.45) is 0 Å². The first kappa shape index (κ1) is 12.4. The fourth-order valence-electron chi connectivity index (χ4n) is 1.16. The maximum Gasteiger partial charge on any atom is 0.319 e. The maximum atomic E-state index is 11.8. The Morgan fingerprint density at radius 1 is 1.44 bits per heavy atom. The van der Waals surface area contributed by atoms with E-state index in [1.54, 1.807) is 19.1 Å². The predicted molar refractivity (Wildman–Crippen MR) is 56.7 cm³/mol. The van der Waals surface area contributed by atoms with Crippen molar-refractivity contribution in [3.8, 4) is 0 Å².